The molecule has 2 saturated carbocycles. The first kappa shape index (κ1) is 54.2. The van der Waals surface area contributed by atoms with Gasteiger partial charge in [-0.05, 0) is 186 Å². The predicted octanol–water partition coefficient (Wildman–Crippen LogP) is 13.9. The molecule has 4 aromatic carbocycles. The molecule has 4 aromatic heterocycles. The van der Waals surface area contributed by atoms with Crippen LogP contribution in [0.15, 0.2) is 120 Å². The quantitative estimate of drug-likeness (QED) is 0.0475. The van der Waals surface area contributed by atoms with Crippen LogP contribution in [-0.2, 0) is 9.47 Å². The van der Waals surface area contributed by atoms with Crippen LogP contribution in [0.5, 0.6) is 23.3 Å². The summed E-state index contributed by atoms with van der Waals surface area (Å²) in [6, 6.07) is 38.1. The molecule has 0 spiro atoms. The summed E-state index contributed by atoms with van der Waals surface area (Å²) in [5.74, 6) is 3.67. The van der Waals surface area contributed by atoms with Crippen LogP contribution in [0.1, 0.15) is 77.0 Å². The number of piperazine rings is 2. The van der Waals surface area contributed by atoms with Gasteiger partial charge in [0.25, 0.3) is 0 Å². The maximum Gasteiger partial charge on any atom is 0.508 e. The smallest absolute Gasteiger partial charge is 0.494 e. The van der Waals surface area contributed by atoms with E-state index in [0.717, 1.165) is 176 Å². The average molecular weight is 1120 g/mol. The van der Waals surface area contributed by atoms with Crippen LogP contribution >= 0.6 is 22.7 Å². The monoisotopic (exact) mass is 1120 g/mol. The van der Waals surface area contributed by atoms with Gasteiger partial charge in [-0.25, -0.2) is 14.8 Å². The third-order valence-electron chi connectivity index (χ3n) is 17.0. The number of hydrogen-bond donors (Lipinski definition) is 0. The minimum absolute atomic E-state index is 0.132. The number of fused-ring (bicyclic) bond motifs is 4. The number of ether oxygens (including phenoxy) is 6. The lowest BCUT2D eigenvalue weighted by Crippen LogP contribution is -2.46. The van der Waals surface area contributed by atoms with Crippen LogP contribution in [-0.4, -0.2) is 130 Å². The van der Waals surface area contributed by atoms with Crippen molar-refractivity contribution in [2.24, 2.45) is 11.8 Å². The summed E-state index contributed by atoms with van der Waals surface area (Å²) in [5, 5.41) is 9.26. The molecule has 4 aliphatic rings. The van der Waals surface area contributed by atoms with Crippen molar-refractivity contribution in [3.63, 3.8) is 0 Å². The van der Waals surface area contributed by atoms with E-state index in [4.69, 9.17) is 38.4 Å². The number of rotatable bonds is 22. The van der Waals surface area contributed by atoms with Gasteiger partial charge in [-0.1, -0.05) is 12.1 Å². The Morgan fingerprint density at radius 3 is 1.36 bits per heavy atom. The summed E-state index contributed by atoms with van der Waals surface area (Å²) in [7, 11) is 0. The van der Waals surface area contributed by atoms with E-state index < -0.39 is 6.16 Å². The second-order valence-electron chi connectivity index (χ2n) is 22.4. The van der Waals surface area contributed by atoms with Gasteiger partial charge in [0, 0.05) is 119 Å². The largest absolute Gasteiger partial charge is 0.508 e. The van der Waals surface area contributed by atoms with Crippen LogP contribution in [0.25, 0.3) is 42.0 Å². The highest BCUT2D eigenvalue weighted by molar-refractivity contribution is 7.17. The zero-order valence-electron chi connectivity index (χ0n) is 46.1. The van der Waals surface area contributed by atoms with Gasteiger partial charge in [-0.15, -0.1) is 22.7 Å². The number of carbonyl (C=O) groups excluding carboxylic acids is 1. The molecule has 6 heterocycles. The molecule has 0 unspecified atom stereocenters. The van der Waals surface area contributed by atoms with E-state index in [1.165, 1.54) is 31.5 Å². The fraction of sp³-hybridized carbons (Fsp3) is 0.462. The number of hydrogen-bond acceptors (Lipinski definition) is 15. The number of nitrogens with zero attached hydrogens (tertiary/aromatic N) is 6. The molecule has 15 heteroatoms. The highest BCUT2D eigenvalue weighted by atomic mass is 32.1. The van der Waals surface area contributed by atoms with Gasteiger partial charge in [0.2, 0.25) is 11.8 Å². The van der Waals surface area contributed by atoms with E-state index in [1.807, 2.05) is 59.1 Å². The summed E-state index contributed by atoms with van der Waals surface area (Å²) >= 11 is 3.64. The second-order valence-corrected chi connectivity index (χ2v) is 24.3. The number of benzene rings is 4. The number of aromatic nitrogens is 2. The molecule has 0 radical (unpaired) electrons. The van der Waals surface area contributed by atoms with Gasteiger partial charge in [-0.3, -0.25) is 9.80 Å². The Labute approximate surface area is 478 Å². The maximum absolute atomic E-state index is 12.9. The summed E-state index contributed by atoms with van der Waals surface area (Å²) in [5.41, 5.74) is 4.48. The topological polar surface area (TPSA) is 111 Å². The summed E-state index contributed by atoms with van der Waals surface area (Å²) < 4.78 is 39.3. The Kier molecular flexibility index (Phi) is 17.9. The van der Waals surface area contributed by atoms with Crippen molar-refractivity contribution >= 4 is 82.2 Å². The van der Waals surface area contributed by atoms with Gasteiger partial charge < -0.3 is 38.2 Å². The fourth-order valence-corrected chi connectivity index (χ4v) is 13.8. The molecule has 8 aromatic rings. The molecule has 2 aliphatic heterocycles. The maximum atomic E-state index is 12.9. The Hall–Kier alpha value is -6.39. The summed E-state index contributed by atoms with van der Waals surface area (Å²) in [6.45, 7) is 13.4. The van der Waals surface area contributed by atoms with Crippen LogP contribution in [0.2, 0.25) is 0 Å². The van der Waals surface area contributed by atoms with E-state index in [0.29, 0.717) is 50.0 Å². The minimum atomic E-state index is -0.543. The van der Waals surface area contributed by atoms with Crippen molar-refractivity contribution in [3.05, 3.63) is 120 Å². The average Bonchev–Trinajstić information content (AvgIpc) is 4.20. The van der Waals surface area contributed by atoms with Crippen molar-refractivity contribution in [1.29, 1.82) is 0 Å². The molecule has 2 aliphatic carbocycles. The molecule has 0 N–H and O–H groups in total. The Morgan fingerprint density at radius 2 is 0.912 bits per heavy atom. The molecule has 2 saturated heterocycles. The molecule has 12 rings (SSSR count). The molecule has 4 fully saturated rings. The van der Waals surface area contributed by atoms with Crippen LogP contribution in [0.4, 0.5) is 16.2 Å². The second kappa shape index (κ2) is 26.5. The summed E-state index contributed by atoms with van der Waals surface area (Å²) in [4.78, 5) is 32.8. The molecule has 80 heavy (non-hydrogen) atoms. The summed E-state index contributed by atoms with van der Waals surface area (Å²) in [6.07, 6.45) is 10.3. The van der Waals surface area contributed by atoms with Crippen molar-refractivity contribution in [2.75, 3.05) is 102 Å². The molecule has 0 atom stereocenters. The Bertz CT molecular complexity index is 3070. The lowest BCUT2D eigenvalue weighted by molar-refractivity contribution is -0.0286. The van der Waals surface area contributed by atoms with Gasteiger partial charge >= 0.3 is 6.16 Å². The first-order valence-electron chi connectivity index (χ1n) is 29.6. The Morgan fingerprint density at radius 1 is 0.475 bits per heavy atom. The molecule has 0 amide bonds. The van der Waals surface area contributed by atoms with E-state index in [2.05, 4.69) is 103 Å². The van der Waals surface area contributed by atoms with Crippen molar-refractivity contribution in [3.8, 4) is 23.3 Å². The SMILES string of the molecule is O=C(OC1CCC(COc2ccc3ccc(OCCCCN4CCN(c5cccc6sccc56)CC4)cc3n2)CC1)OC1CCC(COc2ccc3ccc(OCCCCN4CCN(c5cccc6sccc56)CC4)cc3n2)CC1. The van der Waals surface area contributed by atoms with Crippen molar-refractivity contribution in [2.45, 2.75) is 89.3 Å². The first-order chi connectivity index (χ1) is 39.5. The number of unbranched alkanes of at least 4 members (excludes halogenated alkanes) is 2. The fourth-order valence-electron chi connectivity index (χ4n) is 12.2. The standard InChI is InChI=1S/C65H76N6O7S2/c72-65(77-51-19-11-47(12-20-51)45-75-63-25-17-49-15-23-53(43-57(49)66-63)73-39-3-1-29-68-31-35-70(36-32-68)59-7-5-9-61-55(59)27-41-79-61)78-52-21-13-48(14-22-52)46-76-64-26-18-50-16-24-54(44-58(50)67-64)74-40-4-2-30-69-33-37-71(38-34-69)60-8-6-10-62-56(60)28-42-80-62/h5-10,15-18,23-28,41-44,47-48,51-52H,1-4,11-14,19-22,29-40,45-46H2. The molecular formula is C65H76N6O7S2. The lowest BCUT2D eigenvalue weighted by Gasteiger charge is -2.36. The van der Waals surface area contributed by atoms with Gasteiger partial charge in [-0.2, -0.15) is 0 Å². The van der Waals surface area contributed by atoms with E-state index in [9.17, 15) is 4.79 Å². The highest BCUT2D eigenvalue weighted by Crippen LogP contribution is 2.35. The zero-order valence-corrected chi connectivity index (χ0v) is 47.7. The Balaban J connectivity index is 0.494. The lowest BCUT2D eigenvalue weighted by atomic mass is 9.88. The molecular weight excluding hydrogens is 1040 g/mol. The van der Waals surface area contributed by atoms with Gasteiger partial charge in [0.1, 0.15) is 23.7 Å². The van der Waals surface area contributed by atoms with E-state index in [-0.39, 0.29) is 12.2 Å². The van der Waals surface area contributed by atoms with E-state index in [1.54, 1.807) is 0 Å². The highest BCUT2D eigenvalue weighted by Gasteiger charge is 2.29. The normalized spacial score (nSPS) is 20.4. The van der Waals surface area contributed by atoms with Crippen LogP contribution < -0.4 is 28.7 Å². The first-order valence-corrected chi connectivity index (χ1v) is 31.3. The predicted molar refractivity (Wildman–Crippen MR) is 324 cm³/mol. The minimum Gasteiger partial charge on any atom is -0.494 e. The number of thiophene rings is 2. The molecule has 0 bridgehead atoms. The molecule has 13 nitrogen and oxygen atoms in total. The van der Waals surface area contributed by atoms with Gasteiger partial charge in [0.15, 0.2) is 0 Å². The zero-order chi connectivity index (χ0) is 53.9. The van der Waals surface area contributed by atoms with Crippen molar-refractivity contribution < 1.29 is 33.2 Å². The number of carbonyl (C=O) groups is 1. The third-order valence-corrected chi connectivity index (χ3v) is 18.7. The number of anilines is 2. The van der Waals surface area contributed by atoms with E-state index >= 15 is 0 Å². The number of pyridine rings is 2. The van der Waals surface area contributed by atoms with Crippen molar-refractivity contribution in [1.82, 2.24) is 19.8 Å². The third kappa shape index (κ3) is 14.0. The molecule has 420 valence electrons. The van der Waals surface area contributed by atoms with Crippen LogP contribution in [0.3, 0.4) is 0 Å². The van der Waals surface area contributed by atoms with Crippen LogP contribution in [0, 0.1) is 11.8 Å². The van der Waals surface area contributed by atoms with Gasteiger partial charge in [0.05, 0.1) is 37.5 Å².